The number of hydrogen-bond donors (Lipinski definition) is 1. The second-order valence-corrected chi connectivity index (χ2v) is 6.52. The molecule has 2 aromatic carbocycles. The van der Waals surface area contributed by atoms with Crippen LogP contribution < -0.4 is 10.1 Å². The van der Waals surface area contributed by atoms with Gasteiger partial charge in [0.2, 0.25) is 0 Å². The van der Waals surface area contributed by atoms with E-state index < -0.39 is 22.9 Å². The van der Waals surface area contributed by atoms with Crippen LogP contribution in [0, 0.1) is 10.1 Å². The Balaban J connectivity index is 1.66. The zero-order valence-electron chi connectivity index (χ0n) is 15.6. The summed E-state index contributed by atoms with van der Waals surface area (Å²) < 4.78 is 10.3. The van der Waals surface area contributed by atoms with Crippen molar-refractivity contribution in [2.75, 3.05) is 12.4 Å². The van der Waals surface area contributed by atoms with Gasteiger partial charge in [-0.1, -0.05) is 6.07 Å². The normalized spacial score (nSPS) is 13.4. The van der Waals surface area contributed by atoms with Gasteiger partial charge in [0.25, 0.3) is 11.6 Å². The van der Waals surface area contributed by atoms with Crippen molar-refractivity contribution in [3.05, 3.63) is 63.2 Å². The van der Waals surface area contributed by atoms with Gasteiger partial charge in [0.1, 0.15) is 5.75 Å². The van der Waals surface area contributed by atoms with Crippen LogP contribution in [-0.2, 0) is 22.4 Å². The third-order valence-corrected chi connectivity index (χ3v) is 4.64. The molecule has 0 spiro atoms. The summed E-state index contributed by atoms with van der Waals surface area (Å²) in [7, 11) is 1.34. The molecular formula is C20H20N2O6. The Morgan fingerprint density at radius 1 is 1.14 bits per heavy atom. The smallest absolute Gasteiger partial charge is 0.338 e. The Hall–Kier alpha value is -3.42. The number of hydrogen-bond acceptors (Lipinski definition) is 6. The molecule has 146 valence electrons. The molecule has 8 heteroatoms. The van der Waals surface area contributed by atoms with Crippen molar-refractivity contribution in [2.24, 2.45) is 0 Å². The van der Waals surface area contributed by atoms with Crippen LogP contribution >= 0.6 is 0 Å². The summed E-state index contributed by atoms with van der Waals surface area (Å²) in [6, 6.07) is 9.26. The molecule has 0 bridgehead atoms. The van der Waals surface area contributed by atoms with Crippen LogP contribution in [0.1, 0.15) is 34.8 Å². The number of benzene rings is 2. The fraction of sp³-hybridized carbons (Fsp3) is 0.300. The monoisotopic (exact) mass is 384 g/mol. The van der Waals surface area contributed by atoms with E-state index in [1.54, 1.807) is 6.07 Å². The van der Waals surface area contributed by atoms with Crippen molar-refractivity contribution in [2.45, 2.75) is 32.3 Å². The van der Waals surface area contributed by atoms with Crippen LogP contribution in [-0.4, -0.2) is 30.0 Å². The number of fused-ring (bicyclic) bond motifs is 1. The van der Waals surface area contributed by atoms with Gasteiger partial charge >= 0.3 is 5.97 Å². The first-order valence-electron chi connectivity index (χ1n) is 8.85. The number of carbonyl (C=O) groups excluding carboxylic acids is 2. The van der Waals surface area contributed by atoms with Crippen molar-refractivity contribution < 1.29 is 24.0 Å². The Kier molecular flexibility index (Phi) is 5.58. The minimum Gasteiger partial charge on any atom is -0.494 e. The number of aryl methyl sites for hydroxylation is 2. The molecule has 0 fully saturated rings. The number of methoxy groups -OCH3 is 1. The number of nitro benzene ring substituents is 1. The number of nitro groups is 1. The fourth-order valence-corrected chi connectivity index (χ4v) is 3.11. The zero-order chi connectivity index (χ0) is 20.3. The maximum atomic E-state index is 12.4. The van der Waals surface area contributed by atoms with E-state index in [0.717, 1.165) is 24.8 Å². The lowest BCUT2D eigenvalue weighted by atomic mass is 10.1. The van der Waals surface area contributed by atoms with E-state index in [-0.39, 0.29) is 17.1 Å². The van der Waals surface area contributed by atoms with Gasteiger partial charge in [0.15, 0.2) is 6.10 Å². The van der Waals surface area contributed by atoms with Crippen LogP contribution in [0.25, 0.3) is 0 Å². The number of nitrogens with one attached hydrogen (secondary N) is 1. The predicted octanol–water partition coefficient (Wildman–Crippen LogP) is 3.28. The maximum absolute atomic E-state index is 12.4. The number of anilines is 1. The molecule has 1 aliphatic carbocycles. The van der Waals surface area contributed by atoms with Crippen molar-refractivity contribution in [1.29, 1.82) is 0 Å². The summed E-state index contributed by atoms with van der Waals surface area (Å²) in [4.78, 5) is 35.0. The third kappa shape index (κ3) is 4.11. The maximum Gasteiger partial charge on any atom is 0.338 e. The topological polar surface area (TPSA) is 108 Å². The van der Waals surface area contributed by atoms with Crippen molar-refractivity contribution in [3.63, 3.8) is 0 Å². The lowest BCUT2D eigenvalue weighted by Gasteiger charge is -2.15. The Morgan fingerprint density at radius 3 is 2.61 bits per heavy atom. The van der Waals surface area contributed by atoms with Gasteiger partial charge in [-0.25, -0.2) is 4.79 Å². The molecule has 1 N–H and O–H groups in total. The van der Waals surface area contributed by atoms with E-state index in [9.17, 15) is 19.7 Å². The zero-order valence-corrected chi connectivity index (χ0v) is 15.6. The van der Waals surface area contributed by atoms with Gasteiger partial charge in [-0.3, -0.25) is 14.9 Å². The molecule has 0 radical (unpaired) electrons. The van der Waals surface area contributed by atoms with Crippen LogP contribution in [0.4, 0.5) is 11.4 Å². The quantitative estimate of drug-likeness (QED) is 0.465. The lowest BCUT2D eigenvalue weighted by Crippen LogP contribution is -2.30. The highest BCUT2D eigenvalue weighted by molar-refractivity contribution is 5.98. The number of non-ortho nitro benzene ring substituents is 1. The second kappa shape index (κ2) is 8.08. The molecule has 0 unspecified atom stereocenters. The number of carbonyl (C=O) groups is 2. The third-order valence-electron chi connectivity index (χ3n) is 4.64. The number of ether oxygens (including phenoxy) is 2. The van der Waals surface area contributed by atoms with Crippen LogP contribution in [0.3, 0.4) is 0 Å². The van der Waals surface area contributed by atoms with E-state index in [0.29, 0.717) is 5.56 Å². The molecule has 1 aliphatic rings. The van der Waals surface area contributed by atoms with Crippen LogP contribution in [0.2, 0.25) is 0 Å². The van der Waals surface area contributed by atoms with Crippen molar-refractivity contribution in [3.8, 4) is 5.75 Å². The number of rotatable bonds is 6. The van der Waals surface area contributed by atoms with Gasteiger partial charge in [-0.05, 0) is 55.5 Å². The molecule has 0 heterocycles. The average Bonchev–Trinajstić information content (AvgIpc) is 3.15. The number of amides is 1. The molecular weight excluding hydrogens is 364 g/mol. The number of esters is 1. The molecule has 0 aromatic heterocycles. The largest absolute Gasteiger partial charge is 0.494 e. The summed E-state index contributed by atoms with van der Waals surface area (Å²) in [5.41, 5.74) is 2.88. The highest BCUT2D eigenvalue weighted by Gasteiger charge is 2.22. The van der Waals surface area contributed by atoms with Gasteiger partial charge < -0.3 is 14.8 Å². The highest BCUT2D eigenvalue weighted by Crippen LogP contribution is 2.29. The van der Waals surface area contributed by atoms with Gasteiger partial charge in [0, 0.05) is 6.07 Å². The SMILES string of the molecule is COc1cc([N+](=O)[O-])ccc1NC(=O)[C@@H](C)OC(=O)c1ccc2c(c1)CCC2. The summed E-state index contributed by atoms with van der Waals surface area (Å²) in [6.07, 6.45) is 1.97. The minimum atomic E-state index is -1.05. The lowest BCUT2D eigenvalue weighted by molar-refractivity contribution is -0.384. The molecule has 1 atom stereocenters. The van der Waals surface area contributed by atoms with Crippen LogP contribution in [0.15, 0.2) is 36.4 Å². The first-order chi connectivity index (χ1) is 13.4. The molecule has 28 heavy (non-hydrogen) atoms. The Labute approximate surface area is 161 Å². The fourth-order valence-electron chi connectivity index (χ4n) is 3.11. The molecule has 3 rings (SSSR count). The summed E-state index contributed by atoms with van der Waals surface area (Å²) >= 11 is 0. The first kappa shape index (κ1) is 19.3. The molecule has 2 aromatic rings. The molecule has 0 aliphatic heterocycles. The summed E-state index contributed by atoms with van der Waals surface area (Å²) in [5, 5.41) is 13.4. The minimum absolute atomic E-state index is 0.139. The van der Waals surface area contributed by atoms with E-state index in [4.69, 9.17) is 9.47 Å². The van der Waals surface area contributed by atoms with E-state index in [2.05, 4.69) is 5.32 Å². The average molecular weight is 384 g/mol. The highest BCUT2D eigenvalue weighted by atomic mass is 16.6. The molecule has 1 amide bonds. The first-order valence-corrected chi connectivity index (χ1v) is 8.85. The Morgan fingerprint density at radius 2 is 1.89 bits per heavy atom. The van der Waals surface area contributed by atoms with Crippen molar-refractivity contribution in [1.82, 2.24) is 0 Å². The van der Waals surface area contributed by atoms with Crippen LogP contribution in [0.5, 0.6) is 5.75 Å². The van der Waals surface area contributed by atoms with Gasteiger partial charge in [0.05, 0.1) is 29.4 Å². The number of nitrogens with zero attached hydrogens (tertiary/aromatic N) is 1. The van der Waals surface area contributed by atoms with E-state index >= 15 is 0 Å². The molecule has 0 saturated heterocycles. The standard InChI is InChI=1S/C20H20N2O6/c1-12(28-20(24)15-7-6-13-4-3-5-14(13)10-15)19(23)21-17-9-8-16(22(25)26)11-18(17)27-2/h6-12H,3-5H2,1-2H3,(H,21,23)/t12-/m1/s1. The van der Waals surface area contributed by atoms with E-state index in [1.165, 1.54) is 37.8 Å². The van der Waals surface area contributed by atoms with E-state index in [1.807, 2.05) is 12.1 Å². The second-order valence-electron chi connectivity index (χ2n) is 6.52. The molecule has 0 saturated carbocycles. The van der Waals surface area contributed by atoms with Gasteiger partial charge in [-0.2, -0.15) is 0 Å². The van der Waals surface area contributed by atoms with Crippen molar-refractivity contribution >= 4 is 23.3 Å². The van der Waals surface area contributed by atoms with Gasteiger partial charge in [-0.15, -0.1) is 0 Å². The Bertz CT molecular complexity index is 940. The molecule has 8 nitrogen and oxygen atoms in total. The predicted molar refractivity (Wildman–Crippen MR) is 102 cm³/mol. The summed E-state index contributed by atoms with van der Waals surface area (Å²) in [5.74, 6) is -1.01. The summed E-state index contributed by atoms with van der Waals surface area (Å²) in [6.45, 7) is 1.46.